The topological polar surface area (TPSA) is 120 Å². The van der Waals surface area contributed by atoms with Crippen molar-refractivity contribution in [3.05, 3.63) is 60.2 Å². The van der Waals surface area contributed by atoms with Crippen molar-refractivity contribution < 1.29 is 45.1 Å². The number of amides is 1. The number of ether oxygens (including phenoxy) is 3. The Labute approximate surface area is 239 Å². The number of anilines is 1. The van der Waals surface area contributed by atoms with Gasteiger partial charge in [-0.05, 0) is 47.4 Å². The Bertz CT molecular complexity index is 1730. The van der Waals surface area contributed by atoms with E-state index in [1.54, 1.807) is 30.3 Å². The molecule has 0 aliphatic carbocycles. The minimum absolute atomic E-state index is 0.0184. The molecular formula is C28H26F3N3O7S. The summed E-state index contributed by atoms with van der Waals surface area (Å²) in [5.74, 6) is -1.82. The van der Waals surface area contributed by atoms with Crippen LogP contribution in [-0.4, -0.2) is 65.0 Å². The van der Waals surface area contributed by atoms with E-state index in [2.05, 4.69) is 9.88 Å². The molecule has 10 nitrogen and oxygen atoms in total. The molecule has 1 aliphatic heterocycles. The van der Waals surface area contributed by atoms with E-state index in [9.17, 15) is 26.4 Å². The fourth-order valence-corrected chi connectivity index (χ4v) is 6.39. The number of halogens is 3. The van der Waals surface area contributed by atoms with Crippen LogP contribution in [0.5, 0.6) is 17.2 Å². The van der Waals surface area contributed by atoms with E-state index in [0.29, 0.717) is 17.5 Å². The molecule has 0 radical (unpaired) electrons. The predicted octanol–water partition coefficient (Wildman–Crippen LogP) is 5.20. The summed E-state index contributed by atoms with van der Waals surface area (Å²) in [7, 11) is -0.174. The van der Waals surface area contributed by atoms with Crippen LogP contribution in [-0.2, 0) is 14.8 Å². The highest BCUT2D eigenvalue weighted by atomic mass is 32.2. The van der Waals surface area contributed by atoms with Crippen molar-refractivity contribution in [1.82, 2.24) is 10.1 Å². The van der Waals surface area contributed by atoms with Crippen LogP contribution >= 0.6 is 0 Å². The average Bonchev–Trinajstić information content (AvgIpc) is 3.63. The van der Waals surface area contributed by atoms with E-state index in [1.807, 2.05) is 12.1 Å². The molecule has 1 N–H and O–H groups in total. The fraction of sp³-hybridized carbons (Fsp3) is 0.286. The summed E-state index contributed by atoms with van der Waals surface area (Å²) >= 11 is 0. The third-order valence-electron chi connectivity index (χ3n) is 7.05. The Morgan fingerprint density at radius 1 is 0.976 bits per heavy atom. The lowest BCUT2D eigenvalue weighted by atomic mass is 9.94. The summed E-state index contributed by atoms with van der Waals surface area (Å²) in [5.41, 5.74) is 2.35. The molecule has 222 valence electrons. The molecular weight excluding hydrogens is 579 g/mol. The number of likely N-dealkylation sites (tertiary alicyclic amines) is 1. The lowest BCUT2D eigenvalue weighted by Gasteiger charge is -2.18. The molecule has 4 aromatic rings. The number of benzene rings is 3. The molecule has 1 aromatic heterocycles. The number of rotatable bonds is 8. The molecule has 1 unspecified atom stereocenters. The maximum absolute atomic E-state index is 13.4. The first-order chi connectivity index (χ1) is 20.0. The Morgan fingerprint density at radius 2 is 1.64 bits per heavy atom. The highest BCUT2D eigenvalue weighted by molar-refractivity contribution is 7.93. The first-order valence-corrected chi connectivity index (χ1v) is 14.1. The molecule has 42 heavy (non-hydrogen) atoms. The molecule has 3 aromatic carbocycles. The fourth-order valence-electron chi connectivity index (χ4n) is 5.06. The van der Waals surface area contributed by atoms with Gasteiger partial charge in [-0.1, -0.05) is 35.5 Å². The van der Waals surface area contributed by atoms with Crippen molar-refractivity contribution in [2.75, 3.05) is 39.1 Å². The Kier molecular flexibility index (Phi) is 7.66. The van der Waals surface area contributed by atoms with Gasteiger partial charge in [-0.2, -0.15) is 13.2 Å². The van der Waals surface area contributed by atoms with Crippen molar-refractivity contribution in [2.45, 2.75) is 23.4 Å². The highest BCUT2D eigenvalue weighted by Gasteiger charge is 2.44. The Hall–Kier alpha value is -4.46. The van der Waals surface area contributed by atoms with Gasteiger partial charge in [0.15, 0.2) is 16.3 Å². The summed E-state index contributed by atoms with van der Waals surface area (Å²) in [6.07, 6.45) is -4.51. The van der Waals surface area contributed by atoms with Gasteiger partial charge in [-0.15, -0.1) is 0 Å². The van der Waals surface area contributed by atoms with Crippen LogP contribution < -0.4 is 18.9 Å². The van der Waals surface area contributed by atoms with Crippen LogP contribution in [0, 0.1) is 0 Å². The lowest BCUT2D eigenvalue weighted by molar-refractivity contribution is -0.184. The molecule has 0 bridgehead atoms. The smallest absolute Gasteiger partial charge is 0.471 e. The van der Waals surface area contributed by atoms with Gasteiger partial charge >= 0.3 is 12.1 Å². The third kappa shape index (κ3) is 5.41. The van der Waals surface area contributed by atoms with Crippen molar-refractivity contribution in [3.63, 3.8) is 0 Å². The molecule has 1 fully saturated rings. The number of hydrogen-bond donors (Lipinski definition) is 1. The van der Waals surface area contributed by atoms with Crippen LogP contribution in [0.3, 0.4) is 0 Å². The number of nitrogens with one attached hydrogen (secondary N) is 1. The first kappa shape index (κ1) is 29.0. The number of sulfonamides is 1. The number of aromatic nitrogens is 1. The number of carbonyl (C=O) groups excluding carboxylic acids is 1. The van der Waals surface area contributed by atoms with Gasteiger partial charge in [-0.3, -0.25) is 9.52 Å². The van der Waals surface area contributed by atoms with E-state index in [1.165, 1.54) is 33.5 Å². The number of hydrogen-bond acceptors (Lipinski definition) is 8. The minimum atomic E-state index is -4.91. The molecule has 1 aliphatic rings. The zero-order chi connectivity index (χ0) is 30.2. The van der Waals surface area contributed by atoms with E-state index < -0.39 is 22.1 Å². The molecule has 1 amide bonds. The first-order valence-electron chi connectivity index (χ1n) is 12.6. The number of fused-ring (bicyclic) bond motifs is 1. The van der Waals surface area contributed by atoms with Gasteiger partial charge < -0.3 is 23.6 Å². The van der Waals surface area contributed by atoms with Crippen molar-refractivity contribution >= 4 is 32.7 Å². The van der Waals surface area contributed by atoms with Gasteiger partial charge in [-0.25, -0.2) is 8.42 Å². The van der Waals surface area contributed by atoms with Crippen molar-refractivity contribution in [2.24, 2.45) is 0 Å². The summed E-state index contributed by atoms with van der Waals surface area (Å²) in [6, 6.07) is 15.1. The SMILES string of the molecule is COc1cccc(OC)c1S(=O)(=O)Nc1noc2cc(-c3cccc(C4CCN(C(=O)C(F)(F)F)C4)c3)cc(OC)c12. The Morgan fingerprint density at radius 3 is 2.29 bits per heavy atom. The van der Waals surface area contributed by atoms with E-state index in [0.717, 1.165) is 10.5 Å². The molecule has 5 rings (SSSR count). The van der Waals surface area contributed by atoms with Crippen molar-refractivity contribution in [1.29, 1.82) is 0 Å². The number of alkyl halides is 3. The number of methoxy groups -OCH3 is 3. The van der Waals surface area contributed by atoms with E-state index >= 15 is 0 Å². The molecule has 1 atom stereocenters. The second kappa shape index (κ2) is 11.1. The summed E-state index contributed by atoms with van der Waals surface area (Å²) in [5, 5.41) is 4.20. The van der Waals surface area contributed by atoms with Crippen LogP contribution in [0.4, 0.5) is 19.0 Å². The van der Waals surface area contributed by atoms with Gasteiger partial charge in [0.2, 0.25) is 0 Å². The van der Waals surface area contributed by atoms with Gasteiger partial charge in [0.05, 0.1) is 21.3 Å². The molecule has 0 saturated carbocycles. The van der Waals surface area contributed by atoms with Gasteiger partial charge in [0.25, 0.3) is 10.0 Å². The zero-order valence-electron chi connectivity index (χ0n) is 22.7. The van der Waals surface area contributed by atoms with E-state index in [4.69, 9.17) is 18.7 Å². The van der Waals surface area contributed by atoms with Crippen LogP contribution in [0.25, 0.3) is 22.1 Å². The number of carbonyl (C=O) groups is 1. The average molecular weight is 606 g/mol. The standard InChI is InChI=1S/C28H26F3N3O7S/c1-38-20-8-5-9-21(39-2)25(20)42(36,37)33-26-24-22(40-3)13-19(14-23(24)41-32-26)17-7-4-6-16(12-17)18-10-11-34(15-18)27(35)28(29,30)31/h4-9,12-14,18H,10-11,15H2,1-3H3,(H,32,33). The zero-order valence-corrected chi connectivity index (χ0v) is 23.5. The molecule has 14 heteroatoms. The lowest BCUT2D eigenvalue weighted by Crippen LogP contribution is -2.39. The molecule has 1 saturated heterocycles. The molecule has 2 heterocycles. The largest absolute Gasteiger partial charge is 0.496 e. The second-order valence-electron chi connectivity index (χ2n) is 9.54. The second-order valence-corrected chi connectivity index (χ2v) is 11.2. The highest BCUT2D eigenvalue weighted by Crippen LogP contribution is 2.40. The minimum Gasteiger partial charge on any atom is -0.496 e. The monoisotopic (exact) mass is 605 g/mol. The summed E-state index contributed by atoms with van der Waals surface area (Å²) in [4.78, 5) is 12.3. The maximum Gasteiger partial charge on any atom is 0.471 e. The van der Waals surface area contributed by atoms with Crippen molar-refractivity contribution in [3.8, 4) is 28.4 Å². The Balaban J connectivity index is 1.46. The van der Waals surface area contributed by atoms with Gasteiger partial charge in [0, 0.05) is 19.0 Å². The molecule has 0 spiro atoms. The van der Waals surface area contributed by atoms with E-state index in [-0.39, 0.29) is 57.9 Å². The quantitative estimate of drug-likeness (QED) is 0.291. The van der Waals surface area contributed by atoms with Crippen LogP contribution in [0.15, 0.2) is 64.0 Å². The van der Waals surface area contributed by atoms with Crippen LogP contribution in [0.1, 0.15) is 17.9 Å². The summed E-state index contributed by atoms with van der Waals surface area (Å²) in [6.45, 7) is -0.0166. The van der Waals surface area contributed by atoms with Crippen LogP contribution in [0.2, 0.25) is 0 Å². The number of nitrogens with zero attached hydrogens (tertiary/aromatic N) is 2. The van der Waals surface area contributed by atoms with Gasteiger partial charge in [0.1, 0.15) is 22.6 Å². The maximum atomic E-state index is 13.4. The summed E-state index contributed by atoms with van der Waals surface area (Å²) < 4.78 is 89.4. The predicted molar refractivity (Wildman–Crippen MR) is 146 cm³/mol. The normalized spacial score (nSPS) is 15.6. The third-order valence-corrected chi connectivity index (χ3v) is 8.45.